The third-order valence-corrected chi connectivity index (χ3v) is 8.07. The van der Waals surface area contributed by atoms with E-state index in [2.05, 4.69) is 10.3 Å². The standard InChI is InChI=1S/C24H26F4N4O3S/c1-13-10-20-17(11-18(13)25)21(23(33)29-3)22(32(20)15-6-4-5-7-15)19-9-8-16(12-30-19)36(34,35)31-14(2)24(26,27)28/h8-12,14-15,31H,4-7H2,1-3H3,(H,29,33)/t14-/m0/s1. The topological polar surface area (TPSA) is 93.1 Å². The molecule has 36 heavy (non-hydrogen) atoms. The van der Waals surface area contributed by atoms with Gasteiger partial charge in [-0.15, -0.1) is 0 Å². The molecule has 4 rings (SSSR count). The molecule has 12 heteroatoms. The van der Waals surface area contributed by atoms with E-state index in [1.807, 2.05) is 4.57 Å². The third-order valence-electron chi connectivity index (χ3n) is 6.54. The van der Waals surface area contributed by atoms with Gasteiger partial charge in [0.25, 0.3) is 5.91 Å². The van der Waals surface area contributed by atoms with E-state index in [0.717, 1.165) is 37.9 Å². The molecule has 2 aromatic heterocycles. The molecule has 0 aliphatic heterocycles. The zero-order valence-electron chi connectivity index (χ0n) is 19.9. The van der Waals surface area contributed by atoms with Gasteiger partial charge in [-0.2, -0.15) is 17.9 Å². The Morgan fingerprint density at radius 2 is 1.86 bits per heavy atom. The number of hydrogen-bond donors (Lipinski definition) is 2. The maximum absolute atomic E-state index is 14.6. The monoisotopic (exact) mass is 526 g/mol. The number of benzene rings is 1. The van der Waals surface area contributed by atoms with Crippen LogP contribution in [0.4, 0.5) is 17.6 Å². The van der Waals surface area contributed by atoms with E-state index < -0.39 is 38.9 Å². The van der Waals surface area contributed by atoms with Crippen molar-refractivity contribution in [3.05, 3.63) is 47.4 Å². The molecule has 1 aromatic carbocycles. The summed E-state index contributed by atoms with van der Waals surface area (Å²) in [6, 6.07) is 3.22. The molecule has 0 spiro atoms. The van der Waals surface area contributed by atoms with Gasteiger partial charge in [-0.25, -0.2) is 12.8 Å². The van der Waals surface area contributed by atoms with Crippen LogP contribution in [-0.4, -0.2) is 43.1 Å². The highest BCUT2D eigenvalue weighted by Gasteiger charge is 2.39. The number of carbonyl (C=O) groups excluding carboxylic acids is 1. The van der Waals surface area contributed by atoms with Gasteiger partial charge >= 0.3 is 6.18 Å². The minimum Gasteiger partial charge on any atom is -0.355 e. The second kappa shape index (κ2) is 9.47. The van der Waals surface area contributed by atoms with E-state index >= 15 is 0 Å². The maximum Gasteiger partial charge on any atom is 0.404 e. The summed E-state index contributed by atoms with van der Waals surface area (Å²) in [6.07, 6.45) is -0.159. The molecule has 7 nitrogen and oxygen atoms in total. The van der Waals surface area contributed by atoms with Crippen molar-refractivity contribution >= 4 is 26.8 Å². The van der Waals surface area contributed by atoms with Gasteiger partial charge in [-0.1, -0.05) is 12.8 Å². The minimum atomic E-state index is -4.75. The highest BCUT2D eigenvalue weighted by Crippen LogP contribution is 2.41. The first-order valence-electron chi connectivity index (χ1n) is 11.5. The van der Waals surface area contributed by atoms with Gasteiger partial charge in [0, 0.05) is 24.7 Å². The molecule has 1 atom stereocenters. The van der Waals surface area contributed by atoms with Gasteiger partial charge < -0.3 is 9.88 Å². The van der Waals surface area contributed by atoms with Crippen LogP contribution in [0, 0.1) is 12.7 Å². The number of aryl methyl sites for hydroxylation is 1. The number of rotatable bonds is 6. The predicted molar refractivity (Wildman–Crippen MR) is 127 cm³/mol. The molecule has 1 aliphatic carbocycles. The van der Waals surface area contributed by atoms with E-state index in [1.165, 1.54) is 19.2 Å². The Labute approximate surface area is 206 Å². The lowest BCUT2D eigenvalue weighted by atomic mass is 10.1. The molecule has 1 aliphatic rings. The summed E-state index contributed by atoms with van der Waals surface area (Å²) in [7, 11) is -3.05. The zero-order valence-corrected chi connectivity index (χ0v) is 20.7. The smallest absolute Gasteiger partial charge is 0.355 e. The number of carbonyl (C=O) groups is 1. The normalized spacial score (nSPS) is 16.0. The zero-order chi connectivity index (χ0) is 26.4. The van der Waals surface area contributed by atoms with E-state index in [0.29, 0.717) is 29.1 Å². The Morgan fingerprint density at radius 3 is 2.42 bits per heavy atom. The minimum absolute atomic E-state index is 0.0188. The van der Waals surface area contributed by atoms with Crippen LogP contribution in [0.3, 0.4) is 0 Å². The highest BCUT2D eigenvalue weighted by molar-refractivity contribution is 7.89. The molecule has 1 saturated carbocycles. The van der Waals surface area contributed by atoms with E-state index in [-0.39, 0.29) is 17.3 Å². The number of fused-ring (bicyclic) bond motifs is 1. The van der Waals surface area contributed by atoms with Crippen LogP contribution in [0.25, 0.3) is 22.3 Å². The molecule has 3 aromatic rings. The number of alkyl halides is 3. The molecule has 194 valence electrons. The van der Waals surface area contributed by atoms with E-state index in [4.69, 9.17) is 0 Å². The lowest BCUT2D eigenvalue weighted by molar-refractivity contribution is -0.147. The Balaban J connectivity index is 1.89. The van der Waals surface area contributed by atoms with Crippen LogP contribution in [-0.2, 0) is 10.0 Å². The summed E-state index contributed by atoms with van der Waals surface area (Å²) in [6.45, 7) is 2.34. The number of nitrogens with one attached hydrogen (secondary N) is 2. The van der Waals surface area contributed by atoms with Gasteiger partial charge in [-0.05, 0) is 56.5 Å². The van der Waals surface area contributed by atoms with Crippen LogP contribution in [0.2, 0.25) is 0 Å². The Bertz CT molecular complexity index is 1410. The van der Waals surface area contributed by atoms with Gasteiger partial charge in [0.05, 0.1) is 22.5 Å². The molecular formula is C24H26F4N4O3S. The quantitative estimate of drug-likeness (QED) is 0.449. The van der Waals surface area contributed by atoms with Crippen molar-refractivity contribution in [3.63, 3.8) is 0 Å². The number of halogens is 4. The van der Waals surface area contributed by atoms with Crippen molar-refractivity contribution < 1.29 is 30.8 Å². The van der Waals surface area contributed by atoms with Crippen molar-refractivity contribution in [2.75, 3.05) is 7.05 Å². The van der Waals surface area contributed by atoms with Crippen LogP contribution < -0.4 is 10.0 Å². The second-order valence-corrected chi connectivity index (χ2v) is 10.7. The summed E-state index contributed by atoms with van der Waals surface area (Å²) in [5, 5.41) is 2.98. The maximum atomic E-state index is 14.6. The fourth-order valence-electron chi connectivity index (χ4n) is 4.63. The summed E-state index contributed by atoms with van der Waals surface area (Å²) in [5.74, 6) is -0.934. The third kappa shape index (κ3) is 4.71. The van der Waals surface area contributed by atoms with Crippen molar-refractivity contribution in [2.24, 2.45) is 0 Å². The predicted octanol–water partition coefficient (Wildman–Crippen LogP) is 4.85. The summed E-state index contributed by atoms with van der Waals surface area (Å²) in [5.41, 5.74) is 1.92. The van der Waals surface area contributed by atoms with Crippen molar-refractivity contribution in [1.29, 1.82) is 0 Å². The number of pyridine rings is 1. The molecule has 2 N–H and O–H groups in total. The van der Waals surface area contributed by atoms with Gasteiger partial charge in [-0.3, -0.25) is 9.78 Å². The van der Waals surface area contributed by atoms with Crippen molar-refractivity contribution in [2.45, 2.75) is 62.7 Å². The van der Waals surface area contributed by atoms with Gasteiger partial charge in [0.2, 0.25) is 10.0 Å². The Kier molecular flexibility index (Phi) is 6.86. The largest absolute Gasteiger partial charge is 0.404 e. The molecule has 0 unspecified atom stereocenters. The molecule has 0 bridgehead atoms. The average molecular weight is 527 g/mol. The van der Waals surface area contributed by atoms with Crippen molar-refractivity contribution in [1.82, 2.24) is 19.6 Å². The number of nitrogens with zero attached hydrogens (tertiary/aromatic N) is 2. The fourth-order valence-corrected chi connectivity index (χ4v) is 5.80. The van der Waals surface area contributed by atoms with Crippen LogP contribution in [0.1, 0.15) is 54.6 Å². The summed E-state index contributed by atoms with van der Waals surface area (Å²) < 4.78 is 81.7. The summed E-state index contributed by atoms with van der Waals surface area (Å²) in [4.78, 5) is 16.8. The first kappa shape index (κ1) is 26.1. The highest BCUT2D eigenvalue weighted by atomic mass is 32.2. The first-order chi connectivity index (χ1) is 16.8. The number of aromatic nitrogens is 2. The van der Waals surface area contributed by atoms with Gasteiger partial charge in [0.15, 0.2) is 0 Å². The van der Waals surface area contributed by atoms with Crippen LogP contribution >= 0.6 is 0 Å². The number of amides is 1. The summed E-state index contributed by atoms with van der Waals surface area (Å²) >= 11 is 0. The second-order valence-electron chi connectivity index (χ2n) is 8.99. The number of sulfonamides is 1. The molecule has 2 heterocycles. The van der Waals surface area contributed by atoms with E-state index in [1.54, 1.807) is 17.7 Å². The molecule has 0 saturated heterocycles. The van der Waals surface area contributed by atoms with E-state index in [9.17, 15) is 30.8 Å². The number of hydrogen-bond acceptors (Lipinski definition) is 4. The lowest BCUT2D eigenvalue weighted by Gasteiger charge is -2.19. The SMILES string of the molecule is CNC(=O)c1c(-c2ccc(S(=O)(=O)N[C@@H](C)C(F)(F)F)cn2)n(C2CCCC2)c2cc(C)c(F)cc12. The molecule has 0 radical (unpaired) electrons. The molecular weight excluding hydrogens is 500 g/mol. The molecule has 1 fully saturated rings. The average Bonchev–Trinajstić information content (AvgIpc) is 3.44. The van der Waals surface area contributed by atoms with Crippen molar-refractivity contribution in [3.8, 4) is 11.4 Å². The fraction of sp³-hybridized carbons (Fsp3) is 0.417. The Hall–Kier alpha value is -2.99. The Morgan fingerprint density at radius 1 is 1.19 bits per heavy atom. The van der Waals surface area contributed by atoms with Gasteiger partial charge in [0.1, 0.15) is 16.8 Å². The van der Waals surface area contributed by atoms with Crippen LogP contribution in [0.15, 0.2) is 35.4 Å². The van der Waals surface area contributed by atoms with Crippen LogP contribution in [0.5, 0.6) is 0 Å². The lowest BCUT2D eigenvalue weighted by Crippen LogP contribution is -2.42. The first-order valence-corrected chi connectivity index (χ1v) is 12.9. The molecule has 1 amide bonds.